The Balaban J connectivity index is 1.39. The summed E-state index contributed by atoms with van der Waals surface area (Å²) in [6.07, 6.45) is -1.44. The van der Waals surface area contributed by atoms with E-state index < -0.39 is 17.6 Å². The second-order valence-electron chi connectivity index (χ2n) is 7.57. The molecule has 0 aliphatic carbocycles. The Morgan fingerprint density at radius 2 is 1.79 bits per heavy atom. The largest absolute Gasteiger partial charge is 0.418 e. The van der Waals surface area contributed by atoms with Gasteiger partial charge in [0.1, 0.15) is 0 Å². The molecule has 1 fully saturated rings. The fourth-order valence-electron chi connectivity index (χ4n) is 3.55. The van der Waals surface area contributed by atoms with E-state index in [-0.39, 0.29) is 24.0 Å². The predicted octanol–water partition coefficient (Wildman–Crippen LogP) is 3.84. The van der Waals surface area contributed by atoms with Crippen LogP contribution < -0.4 is 10.6 Å². The summed E-state index contributed by atoms with van der Waals surface area (Å²) in [4.78, 5) is 26.4. The molecule has 1 aliphatic rings. The van der Waals surface area contributed by atoms with Gasteiger partial charge in [-0.25, -0.2) is 9.48 Å². The summed E-state index contributed by atoms with van der Waals surface area (Å²) in [5, 5.41) is 12.9. The number of hydrogen-bond acceptors (Lipinski definition) is 4. The maximum atomic E-state index is 13.2. The molecule has 172 valence electrons. The van der Waals surface area contributed by atoms with Crippen molar-refractivity contribution in [2.24, 2.45) is 0 Å². The molecule has 11 heteroatoms. The molecule has 2 heterocycles. The molecule has 2 N–H and O–H groups in total. The summed E-state index contributed by atoms with van der Waals surface area (Å²) < 4.78 is 40.6. The first-order valence-corrected chi connectivity index (χ1v) is 10.3. The number of nitrogens with zero attached hydrogens (tertiary/aromatic N) is 4. The van der Waals surface area contributed by atoms with E-state index in [0.29, 0.717) is 5.69 Å². The van der Waals surface area contributed by atoms with E-state index in [1.807, 2.05) is 0 Å². The smallest absolute Gasteiger partial charge is 0.347 e. The van der Waals surface area contributed by atoms with E-state index in [9.17, 15) is 22.8 Å². The van der Waals surface area contributed by atoms with Crippen molar-refractivity contribution in [3.63, 3.8) is 0 Å². The number of alkyl halides is 3. The normalized spacial score (nSPS) is 13.7. The molecule has 1 aliphatic heterocycles. The average molecular weight is 458 g/mol. The average Bonchev–Trinajstić information content (AvgIpc) is 3.50. The monoisotopic (exact) mass is 458 g/mol. The number of carbonyl (C=O) groups is 2. The topological polar surface area (TPSA) is 92.2 Å². The highest BCUT2D eigenvalue weighted by Crippen LogP contribution is 2.33. The van der Waals surface area contributed by atoms with Gasteiger partial charge in [0.05, 0.1) is 17.4 Å². The van der Waals surface area contributed by atoms with Gasteiger partial charge < -0.3 is 15.5 Å². The Kier molecular flexibility index (Phi) is 6.29. The first-order chi connectivity index (χ1) is 15.8. The maximum absolute atomic E-state index is 13.2. The lowest BCUT2D eigenvalue weighted by molar-refractivity contribution is -0.137. The minimum atomic E-state index is -4.57. The number of anilines is 1. The van der Waals surface area contributed by atoms with Gasteiger partial charge in [-0.3, -0.25) is 4.79 Å². The minimum absolute atomic E-state index is 0.120. The van der Waals surface area contributed by atoms with Crippen LogP contribution in [-0.4, -0.2) is 44.9 Å². The lowest BCUT2D eigenvalue weighted by Crippen LogP contribution is -2.32. The van der Waals surface area contributed by atoms with Gasteiger partial charge in [-0.05, 0) is 42.7 Å². The van der Waals surface area contributed by atoms with Crippen molar-refractivity contribution in [3.8, 4) is 5.69 Å². The van der Waals surface area contributed by atoms with E-state index in [4.69, 9.17) is 0 Å². The molecule has 2 aromatic carbocycles. The number of urea groups is 1. The van der Waals surface area contributed by atoms with E-state index in [0.717, 1.165) is 48.4 Å². The molecule has 1 saturated heterocycles. The van der Waals surface area contributed by atoms with Crippen LogP contribution in [0.15, 0.2) is 54.7 Å². The Morgan fingerprint density at radius 1 is 1.03 bits per heavy atom. The summed E-state index contributed by atoms with van der Waals surface area (Å²) in [7, 11) is 0. The van der Waals surface area contributed by atoms with Crippen LogP contribution in [0.1, 0.15) is 34.5 Å². The zero-order chi connectivity index (χ0) is 23.4. The SMILES string of the molecule is O=C(NCc1cccc(NC(=O)N2CCCC2)c1)c1cn(-c2ccccc2C(F)(F)F)nn1. The predicted molar refractivity (Wildman–Crippen MR) is 114 cm³/mol. The molecule has 4 rings (SSSR count). The van der Waals surface area contributed by atoms with E-state index in [1.54, 1.807) is 29.2 Å². The van der Waals surface area contributed by atoms with Crippen LogP contribution in [0.3, 0.4) is 0 Å². The first kappa shape index (κ1) is 22.3. The fraction of sp³-hybridized carbons (Fsp3) is 0.273. The standard InChI is InChI=1S/C22H21F3N6O2/c23-22(24,25)17-8-1-2-9-19(17)31-14-18(28-29-31)20(32)26-13-15-6-5-7-16(12-15)27-21(33)30-10-3-4-11-30/h1-2,5-9,12,14H,3-4,10-11,13H2,(H,26,32)(H,27,33). The van der Waals surface area contributed by atoms with Gasteiger partial charge in [0.15, 0.2) is 5.69 Å². The lowest BCUT2D eigenvalue weighted by Gasteiger charge is -2.16. The lowest BCUT2D eigenvalue weighted by atomic mass is 10.1. The molecule has 8 nitrogen and oxygen atoms in total. The van der Waals surface area contributed by atoms with Gasteiger partial charge in [-0.15, -0.1) is 5.10 Å². The van der Waals surface area contributed by atoms with Crippen LogP contribution in [-0.2, 0) is 12.7 Å². The third-order valence-corrected chi connectivity index (χ3v) is 5.21. The summed E-state index contributed by atoms with van der Waals surface area (Å²) in [6.45, 7) is 1.60. The molecule has 1 aromatic heterocycles. The van der Waals surface area contributed by atoms with Crippen molar-refractivity contribution < 1.29 is 22.8 Å². The number of carbonyl (C=O) groups excluding carboxylic acids is 2. The van der Waals surface area contributed by atoms with Gasteiger partial charge in [0.25, 0.3) is 5.91 Å². The zero-order valence-electron chi connectivity index (χ0n) is 17.5. The highest BCUT2D eigenvalue weighted by Gasteiger charge is 2.34. The van der Waals surface area contributed by atoms with E-state index in [1.165, 1.54) is 18.2 Å². The summed E-state index contributed by atoms with van der Waals surface area (Å²) in [6, 6.07) is 11.8. The number of benzene rings is 2. The molecule has 0 atom stereocenters. The van der Waals surface area contributed by atoms with Crippen LogP contribution in [0.5, 0.6) is 0 Å². The third-order valence-electron chi connectivity index (χ3n) is 5.21. The van der Waals surface area contributed by atoms with Crippen molar-refractivity contribution in [1.29, 1.82) is 0 Å². The first-order valence-electron chi connectivity index (χ1n) is 10.3. The molecule has 0 unspecified atom stereocenters. The number of nitrogens with one attached hydrogen (secondary N) is 2. The molecule has 3 aromatic rings. The molecule has 0 radical (unpaired) electrons. The molecule has 0 bridgehead atoms. The second-order valence-corrected chi connectivity index (χ2v) is 7.57. The number of hydrogen-bond donors (Lipinski definition) is 2. The van der Waals surface area contributed by atoms with Gasteiger partial charge in [-0.1, -0.05) is 29.5 Å². The quantitative estimate of drug-likeness (QED) is 0.608. The number of amides is 3. The Morgan fingerprint density at radius 3 is 2.55 bits per heavy atom. The second kappa shape index (κ2) is 9.31. The Labute approximate surface area is 187 Å². The number of halogens is 3. The Hall–Kier alpha value is -3.89. The van der Waals surface area contributed by atoms with Crippen LogP contribution in [0, 0.1) is 0 Å². The van der Waals surface area contributed by atoms with Crippen molar-refractivity contribution in [1.82, 2.24) is 25.2 Å². The van der Waals surface area contributed by atoms with Crippen molar-refractivity contribution in [2.75, 3.05) is 18.4 Å². The van der Waals surface area contributed by atoms with Crippen molar-refractivity contribution in [2.45, 2.75) is 25.6 Å². The van der Waals surface area contributed by atoms with Gasteiger partial charge >= 0.3 is 12.2 Å². The molecule has 3 amide bonds. The highest BCUT2D eigenvalue weighted by atomic mass is 19.4. The minimum Gasteiger partial charge on any atom is -0.347 e. The summed E-state index contributed by atoms with van der Waals surface area (Å²) in [5.41, 5.74) is 0.115. The van der Waals surface area contributed by atoms with Crippen LogP contribution in [0.25, 0.3) is 5.69 Å². The van der Waals surface area contributed by atoms with Crippen LogP contribution >= 0.6 is 0 Å². The van der Waals surface area contributed by atoms with Gasteiger partial charge in [0, 0.05) is 25.3 Å². The Bertz CT molecular complexity index is 1150. The maximum Gasteiger partial charge on any atom is 0.418 e. The van der Waals surface area contributed by atoms with Gasteiger partial charge in [0.2, 0.25) is 0 Å². The number of rotatable bonds is 5. The summed E-state index contributed by atoms with van der Waals surface area (Å²) >= 11 is 0. The molecular formula is C22H21F3N6O2. The molecule has 0 spiro atoms. The van der Waals surface area contributed by atoms with Crippen molar-refractivity contribution in [3.05, 3.63) is 71.5 Å². The van der Waals surface area contributed by atoms with Gasteiger partial charge in [-0.2, -0.15) is 13.2 Å². The fourth-order valence-corrected chi connectivity index (χ4v) is 3.55. The molecule has 33 heavy (non-hydrogen) atoms. The number of likely N-dealkylation sites (tertiary alicyclic amines) is 1. The number of para-hydroxylation sites is 1. The zero-order valence-corrected chi connectivity index (χ0v) is 17.5. The van der Waals surface area contributed by atoms with E-state index in [2.05, 4.69) is 20.9 Å². The van der Waals surface area contributed by atoms with Crippen molar-refractivity contribution >= 4 is 17.6 Å². The van der Waals surface area contributed by atoms with Crippen LogP contribution in [0.2, 0.25) is 0 Å². The third kappa shape index (κ3) is 5.30. The number of aromatic nitrogens is 3. The molecular weight excluding hydrogens is 437 g/mol. The highest BCUT2D eigenvalue weighted by molar-refractivity contribution is 5.92. The van der Waals surface area contributed by atoms with Crippen LogP contribution in [0.4, 0.5) is 23.7 Å². The van der Waals surface area contributed by atoms with E-state index >= 15 is 0 Å². The summed E-state index contributed by atoms with van der Waals surface area (Å²) in [5.74, 6) is -0.586. The molecule has 0 saturated carbocycles.